The second-order valence-electron chi connectivity index (χ2n) is 8.02. The summed E-state index contributed by atoms with van der Waals surface area (Å²) in [5.41, 5.74) is 4.97. The van der Waals surface area contributed by atoms with Gasteiger partial charge in [-0.3, -0.25) is 4.79 Å². The molecule has 0 unspecified atom stereocenters. The highest BCUT2D eigenvalue weighted by molar-refractivity contribution is 5.76. The zero-order chi connectivity index (χ0) is 22.1. The Bertz CT molecular complexity index is 945. The third-order valence-electron chi connectivity index (χ3n) is 5.86. The van der Waals surface area contributed by atoms with Gasteiger partial charge in [0.2, 0.25) is 5.91 Å². The first-order chi connectivity index (χ1) is 14.7. The number of aromatic nitrogens is 2. The fraction of sp³-hybridized carbons (Fsp3) is 0.476. The van der Waals surface area contributed by atoms with Crippen LogP contribution in [0.15, 0.2) is 36.7 Å². The van der Waals surface area contributed by atoms with Crippen molar-refractivity contribution >= 4 is 17.5 Å². The van der Waals surface area contributed by atoms with Crippen molar-refractivity contribution in [3.05, 3.63) is 47.8 Å². The Labute approximate surface area is 178 Å². The van der Waals surface area contributed by atoms with Gasteiger partial charge in [-0.1, -0.05) is 12.1 Å². The van der Waals surface area contributed by atoms with E-state index < -0.39 is 17.3 Å². The molecular weight excluding hydrogens is 411 g/mol. The summed E-state index contributed by atoms with van der Waals surface area (Å²) in [6, 6.07) is 6.85. The van der Waals surface area contributed by atoms with Crippen LogP contribution in [0.4, 0.5) is 24.8 Å². The molecule has 0 radical (unpaired) electrons. The topological polar surface area (TPSA) is 84.6 Å². The summed E-state index contributed by atoms with van der Waals surface area (Å²) in [6.45, 7) is 2.12. The standard InChI is InChI=1S/C21H24F3N5O2/c22-21(23,24)16-3-1-2-15(10-16)12-29-13-20(31-9-4-19(29)30)5-7-28(8-6-20)18-11-17(25)26-14-27-18/h1-3,10-11,14H,4-9,12-13H2,(H2,25,26,27). The normalized spacial score (nSPS) is 19.5. The number of ether oxygens (including phenoxy) is 1. The number of hydrogen-bond donors (Lipinski definition) is 1. The van der Waals surface area contributed by atoms with Crippen LogP contribution in [0.1, 0.15) is 30.4 Å². The predicted molar refractivity (Wildman–Crippen MR) is 108 cm³/mol. The Kier molecular flexibility index (Phi) is 5.74. The van der Waals surface area contributed by atoms with Crippen molar-refractivity contribution in [2.75, 3.05) is 36.9 Å². The van der Waals surface area contributed by atoms with Gasteiger partial charge in [-0.2, -0.15) is 13.2 Å². The summed E-state index contributed by atoms with van der Waals surface area (Å²) in [5, 5.41) is 0. The van der Waals surface area contributed by atoms with E-state index in [-0.39, 0.29) is 18.9 Å². The smallest absolute Gasteiger partial charge is 0.384 e. The molecule has 7 nitrogen and oxygen atoms in total. The Morgan fingerprint density at radius 3 is 2.65 bits per heavy atom. The summed E-state index contributed by atoms with van der Waals surface area (Å²) >= 11 is 0. The van der Waals surface area contributed by atoms with E-state index in [1.807, 2.05) is 0 Å². The van der Waals surface area contributed by atoms with Crippen molar-refractivity contribution in [1.82, 2.24) is 14.9 Å². The molecule has 2 saturated heterocycles. The molecule has 2 aliphatic heterocycles. The minimum absolute atomic E-state index is 0.111. The van der Waals surface area contributed by atoms with Crippen LogP contribution in [0.5, 0.6) is 0 Å². The SMILES string of the molecule is Nc1cc(N2CCC3(CC2)CN(Cc2cccc(C(F)(F)F)c2)C(=O)CCO3)ncn1. The molecule has 4 rings (SSSR count). The van der Waals surface area contributed by atoms with E-state index in [1.165, 1.54) is 12.4 Å². The van der Waals surface area contributed by atoms with Crippen molar-refractivity contribution in [3.8, 4) is 0 Å². The van der Waals surface area contributed by atoms with E-state index in [1.54, 1.807) is 17.0 Å². The Balaban J connectivity index is 1.47. The summed E-state index contributed by atoms with van der Waals surface area (Å²) in [5.74, 6) is 1.03. The lowest BCUT2D eigenvalue weighted by Gasteiger charge is -2.43. The minimum atomic E-state index is -4.42. The highest BCUT2D eigenvalue weighted by atomic mass is 19.4. The number of piperidine rings is 1. The highest BCUT2D eigenvalue weighted by Gasteiger charge is 2.41. The molecule has 0 aliphatic carbocycles. The Morgan fingerprint density at radius 2 is 1.94 bits per heavy atom. The molecule has 2 aromatic rings. The van der Waals surface area contributed by atoms with Gasteiger partial charge in [-0.05, 0) is 30.5 Å². The second-order valence-corrected chi connectivity index (χ2v) is 8.02. The highest BCUT2D eigenvalue weighted by Crippen LogP contribution is 2.33. The van der Waals surface area contributed by atoms with E-state index >= 15 is 0 Å². The summed E-state index contributed by atoms with van der Waals surface area (Å²) in [4.78, 5) is 24.5. The maximum Gasteiger partial charge on any atom is 0.416 e. The first-order valence-electron chi connectivity index (χ1n) is 10.1. The van der Waals surface area contributed by atoms with E-state index in [0.717, 1.165) is 18.0 Å². The van der Waals surface area contributed by atoms with Gasteiger partial charge < -0.3 is 20.3 Å². The molecule has 1 amide bonds. The zero-order valence-electron chi connectivity index (χ0n) is 16.9. The number of carbonyl (C=O) groups is 1. The van der Waals surface area contributed by atoms with Crippen molar-refractivity contribution in [3.63, 3.8) is 0 Å². The molecule has 0 saturated carbocycles. The number of nitrogens with two attached hydrogens (primary N) is 1. The number of carbonyl (C=O) groups excluding carboxylic acids is 1. The van der Waals surface area contributed by atoms with Crippen LogP contribution in [0, 0.1) is 0 Å². The maximum absolute atomic E-state index is 13.1. The third-order valence-corrected chi connectivity index (χ3v) is 5.86. The summed E-state index contributed by atoms with van der Waals surface area (Å²) in [7, 11) is 0. The van der Waals surface area contributed by atoms with Gasteiger partial charge in [-0.15, -0.1) is 0 Å². The van der Waals surface area contributed by atoms with Crippen LogP contribution < -0.4 is 10.6 Å². The summed E-state index contributed by atoms with van der Waals surface area (Å²) < 4.78 is 45.3. The molecule has 3 heterocycles. The van der Waals surface area contributed by atoms with Crippen LogP contribution >= 0.6 is 0 Å². The van der Waals surface area contributed by atoms with Crippen LogP contribution in [0.3, 0.4) is 0 Å². The number of nitrogens with zero attached hydrogens (tertiary/aromatic N) is 4. The van der Waals surface area contributed by atoms with Gasteiger partial charge >= 0.3 is 6.18 Å². The lowest BCUT2D eigenvalue weighted by Crippen LogP contribution is -2.52. The van der Waals surface area contributed by atoms with E-state index in [4.69, 9.17) is 10.5 Å². The zero-order valence-corrected chi connectivity index (χ0v) is 16.9. The molecule has 1 aromatic heterocycles. The first-order valence-corrected chi connectivity index (χ1v) is 10.1. The number of benzene rings is 1. The quantitative estimate of drug-likeness (QED) is 0.798. The van der Waals surface area contributed by atoms with Crippen LogP contribution in [-0.2, 0) is 22.3 Å². The fourth-order valence-electron chi connectivity index (χ4n) is 4.19. The first kappa shape index (κ1) is 21.4. The third kappa shape index (κ3) is 4.90. The molecule has 166 valence electrons. The molecular formula is C21H24F3N5O2. The van der Waals surface area contributed by atoms with E-state index in [0.29, 0.717) is 50.5 Å². The predicted octanol–water partition coefficient (Wildman–Crippen LogP) is 2.87. The molecule has 2 aliphatic rings. The van der Waals surface area contributed by atoms with Crippen LogP contribution in [0.25, 0.3) is 0 Å². The minimum Gasteiger partial charge on any atom is -0.384 e. The molecule has 2 N–H and O–H groups in total. The number of rotatable bonds is 3. The van der Waals surface area contributed by atoms with Crippen molar-refractivity contribution in [1.29, 1.82) is 0 Å². The number of hydrogen-bond acceptors (Lipinski definition) is 6. The summed E-state index contributed by atoms with van der Waals surface area (Å²) in [6.07, 6.45) is -1.44. The molecule has 1 aromatic carbocycles. The molecule has 10 heteroatoms. The average molecular weight is 435 g/mol. The molecule has 2 fully saturated rings. The average Bonchev–Trinajstić information content (AvgIpc) is 2.87. The molecule has 1 spiro atoms. The van der Waals surface area contributed by atoms with Crippen molar-refractivity contribution < 1.29 is 22.7 Å². The number of alkyl halides is 3. The Morgan fingerprint density at radius 1 is 1.16 bits per heavy atom. The second kappa shape index (κ2) is 8.33. The number of amides is 1. The van der Waals surface area contributed by atoms with Crippen molar-refractivity contribution in [2.24, 2.45) is 0 Å². The lowest BCUT2D eigenvalue weighted by atomic mass is 9.90. The molecule has 31 heavy (non-hydrogen) atoms. The van der Waals surface area contributed by atoms with E-state index in [9.17, 15) is 18.0 Å². The molecule has 0 atom stereocenters. The number of halogens is 3. The number of nitrogen functional groups attached to an aromatic ring is 1. The fourth-order valence-corrected chi connectivity index (χ4v) is 4.19. The van der Waals surface area contributed by atoms with Crippen molar-refractivity contribution in [2.45, 2.75) is 37.6 Å². The van der Waals surface area contributed by atoms with Gasteiger partial charge in [0, 0.05) is 25.7 Å². The monoisotopic (exact) mass is 435 g/mol. The van der Waals surface area contributed by atoms with Gasteiger partial charge in [0.25, 0.3) is 0 Å². The van der Waals surface area contributed by atoms with Crippen LogP contribution in [0.2, 0.25) is 0 Å². The Hall–Kier alpha value is -2.88. The van der Waals surface area contributed by atoms with Gasteiger partial charge in [-0.25, -0.2) is 9.97 Å². The van der Waals surface area contributed by atoms with Gasteiger partial charge in [0.15, 0.2) is 0 Å². The largest absolute Gasteiger partial charge is 0.416 e. The van der Waals surface area contributed by atoms with Gasteiger partial charge in [0.1, 0.15) is 18.0 Å². The van der Waals surface area contributed by atoms with Crippen LogP contribution in [-0.4, -0.2) is 52.6 Å². The number of anilines is 2. The molecule has 0 bridgehead atoms. The maximum atomic E-state index is 13.1. The van der Waals surface area contributed by atoms with E-state index in [2.05, 4.69) is 14.9 Å². The van der Waals surface area contributed by atoms with Gasteiger partial charge in [0.05, 0.1) is 30.7 Å². The lowest BCUT2D eigenvalue weighted by molar-refractivity contribution is -0.137.